The molecule has 1 aromatic carbocycles. The quantitative estimate of drug-likeness (QED) is 0.697. The van der Waals surface area contributed by atoms with E-state index in [-0.39, 0.29) is 0 Å². The van der Waals surface area contributed by atoms with Crippen LogP contribution in [0, 0.1) is 12.3 Å². The van der Waals surface area contributed by atoms with Crippen molar-refractivity contribution in [2.75, 3.05) is 0 Å². The van der Waals surface area contributed by atoms with Gasteiger partial charge in [-0.2, -0.15) is 0 Å². The number of hydrogen-bond acceptors (Lipinski definition) is 2. The van der Waals surface area contributed by atoms with Crippen LogP contribution in [0.1, 0.15) is 18.5 Å². The van der Waals surface area contributed by atoms with Gasteiger partial charge in [0.2, 0.25) is 0 Å². The van der Waals surface area contributed by atoms with Gasteiger partial charge < -0.3 is 15.7 Å². The van der Waals surface area contributed by atoms with Crippen LogP contribution in [0.3, 0.4) is 0 Å². The Morgan fingerprint density at radius 2 is 1.89 bits per heavy atom. The average molecular weight is 246 g/mol. The van der Waals surface area contributed by atoms with Crippen molar-refractivity contribution in [2.24, 2.45) is 0 Å². The van der Waals surface area contributed by atoms with E-state index in [1.807, 2.05) is 0 Å². The van der Waals surface area contributed by atoms with Crippen LogP contribution in [0.15, 0.2) is 30.3 Å². The first-order valence-electron chi connectivity index (χ1n) is 5.35. The van der Waals surface area contributed by atoms with Crippen LogP contribution in [0.25, 0.3) is 0 Å². The van der Waals surface area contributed by atoms with Gasteiger partial charge in [-0.3, -0.25) is 0 Å². The van der Waals surface area contributed by atoms with E-state index in [1.165, 1.54) is 0 Å². The second-order valence-corrected chi connectivity index (χ2v) is 3.69. The first-order chi connectivity index (χ1) is 8.54. The Kier molecular flexibility index (Phi) is 4.76. The summed E-state index contributed by atoms with van der Waals surface area (Å²) in [6.07, 6.45) is 5.11. The minimum Gasteiger partial charge on any atom is -0.479 e. The van der Waals surface area contributed by atoms with Crippen molar-refractivity contribution in [3.05, 3.63) is 35.9 Å². The molecule has 2 atom stereocenters. The molecular formula is C13H14N2O3. The number of benzene rings is 1. The van der Waals surface area contributed by atoms with Crippen molar-refractivity contribution >= 4 is 12.0 Å². The van der Waals surface area contributed by atoms with Gasteiger partial charge in [0.1, 0.15) is 0 Å². The number of amides is 2. The van der Waals surface area contributed by atoms with Gasteiger partial charge in [-0.25, -0.2) is 9.59 Å². The Morgan fingerprint density at radius 3 is 2.39 bits per heavy atom. The molecule has 0 fully saturated rings. The molecule has 0 saturated heterocycles. The van der Waals surface area contributed by atoms with Crippen LogP contribution in [-0.2, 0) is 4.79 Å². The van der Waals surface area contributed by atoms with Crippen molar-refractivity contribution < 1.29 is 14.7 Å². The summed E-state index contributed by atoms with van der Waals surface area (Å²) in [4.78, 5) is 22.6. The van der Waals surface area contributed by atoms with E-state index in [9.17, 15) is 9.59 Å². The molecule has 0 spiro atoms. The number of carbonyl (C=O) groups excluding carboxylic acids is 1. The maximum atomic E-state index is 11.5. The van der Waals surface area contributed by atoms with Gasteiger partial charge >= 0.3 is 12.0 Å². The molecule has 18 heavy (non-hydrogen) atoms. The van der Waals surface area contributed by atoms with Crippen molar-refractivity contribution in [1.29, 1.82) is 0 Å². The van der Waals surface area contributed by atoms with Crippen LogP contribution in [0.4, 0.5) is 4.79 Å². The zero-order chi connectivity index (χ0) is 13.5. The van der Waals surface area contributed by atoms with Gasteiger partial charge in [0.05, 0.1) is 6.04 Å². The number of carboxylic acids is 1. The minimum atomic E-state index is -1.13. The summed E-state index contributed by atoms with van der Waals surface area (Å²) in [5.41, 5.74) is 0.494. The molecule has 2 amide bonds. The number of carboxylic acid groups (broad SMARTS) is 1. The van der Waals surface area contributed by atoms with Crippen molar-refractivity contribution in [3.63, 3.8) is 0 Å². The monoisotopic (exact) mass is 246 g/mol. The predicted octanol–water partition coefficient (Wildman–Crippen LogP) is 1.13. The lowest BCUT2D eigenvalue weighted by atomic mass is 10.1. The van der Waals surface area contributed by atoms with Gasteiger partial charge in [-0.1, -0.05) is 36.3 Å². The van der Waals surface area contributed by atoms with E-state index in [0.29, 0.717) is 5.56 Å². The van der Waals surface area contributed by atoms with Crippen molar-refractivity contribution in [3.8, 4) is 12.3 Å². The molecule has 0 aliphatic carbocycles. The fourth-order valence-electron chi connectivity index (χ4n) is 1.34. The molecule has 0 bridgehead atoms. The van der Waals surface area contributed by atoms with Crippen LogP contribution < -0.4 is 10.6 Å². The molecule has 1 aromatic rings. The summed E-state index contributed by atoms with van der Waals surface area (Å²) in [7, 11) is 0. The molecule has 0 heterocycles. The first kappa shape index (κ1) is 13.6. The van der Waals surface area contributed by atoms with E-state index in [0.717, 1.165) is 0 Å². The average Bonchev–Trinajstić information content (AvgIpc) is 2.36. The summed E-state index contributed by atoms with van der Waals surface area (Å²) < 4.78 is 0. The third-order valence-electron chi connectivity index (χ3n) is 2.25. The summed E-state index contributed by atoms with van der Waals surface area (Å²) in [6, 6.07) is 6.25. The highest BCUT2D eigenvalue weighted by Crippen LogP contribution is 2.12. The first-order valence-corrected chi connectivity index (χ1v) is 5.35. The number of rotatable bonds is 4. The third-order valence-corrected chi connectivity index (χ3v) is 2.25. The molecular weight excluding hydrogens is 232 g/mol. The Bertz CT molecular complexity index is 465. The normalized spacial score (nSPS) is 12.9. The van der Waals surface area contributed by atoms with Gasteiger partial charge in [0, 0.05) is 0 Å². The van der Waals surface area contributed by atoms with Crippen molar-refractivity contribution in [2.45, 2.75) is 19.0 Å². The summed E-state index contributed by atoms with van der Waals surface area (Å²) in [5, 5.41) is 13.9. The Labute approximate surface area is 105 Å². The van der Waals surface area contributed by atoms with Gasteiger partial charge in [0.25, 0.3) is 0 Å². The van der Waals surface area contributed by atoms with E-state index >= 15 is 0 Å². The van der Waals surface area contributed by atoms with Crippen LogP contribution >= 0.6 is 0 Å². The highest BCUT2D eigenvalue weighted by atomic mass is 16.4. The number of nitrogens with one attached hydrogen (secondary N) is 2. The minimum absolute atomic E-state index is 0.463. The third kappa shape index (κ3) is 3.83. The summed E-state index contributed by atoms with van der Waals surface area (Å²) in [6.45, 7) is 1.62. The van der Waals surface area contributed by atoms with E-state index in [1.54, 1.807) is 37.3 Å². The SMILES string of the molecule is C#CC(C)NC(=O)N[C@H](C(=O)O)c1ccccc1. The van der Waals surface area contributed by atoms with Gasteiger partial charge in [0.15, 0.2) is 6.04 Å². The van der Waals surface area contributed by atoms with E-state index < -0.39 is 24.1 Å². The molecule has 0 saturated carbocycles. The lowest BCUT2D eigenvalue weighted by molar-refractivity contribution is -0.139. The molecule has 3 N–H and O–H groups in total. The maximum absolute atomic E-state index is 11.5. The topological polar surface area (TPSA) is 78.4 Å². The molecule has 0 aliphatic rings. The zero-order valence-corrected chi connectivity index (χ0v) is 9.88. The summed E-state index contributed by atoms with van der Waals surface area (Å²) >= 11 is 0. The van der Waals surface area contributed by atoms with Gasteiger partial charge in [-0.15, -0.1) is 6.42 Å². The second kappa shape index (κ2) is 6.30. The lowest BCUT2D eigenvalue weighted by Crippen LogP contribution is -2.43. The number of terminal acetylenes is 1. The van der Waals surface area contributed by atoms with Gasteiger partial charge in [-0.05, 0) is 12.5 Å². The molecule has 1 unspecified atom stereocenters. The fourth-order valence-corrected chi connectivity index (χ4v) is 1.34. The Hall–Kier alpha value is -2.48. The fraction of sp³-hybridized carbons (Fsp3) is 0.231. The molecule has 1 rings (SSSR count). The molecule has 5 heteroatoms. The van der Waals surface area contributed by atoms with E-state index in [4.69, 9.17) is 11.5 Å². The molecule has 0 aromatic heterocycles. The number of carbonyl (C=O) groups is 2. The Balaban J connectivity index is 2.74. The standard InChI is InChI=1S/C13H14N2O3/c1-3-9(2)14-13(18)15-11(12(16)17)10-7-5-4-6-8-10/h1,4-9,11H,2H3,(H,16,17)(H2,14,15,18)/t9?,11-/m0/s1. The molecule has 0 aliphatic heterocycles. The number of hydrogen-bond donors (Lipinski definition) is 3. The smallest absolute Gasteiger partial charge is 0.330 e. The van der Waals surface area contributed by atoms with Crippen molar-refractivity contribution in [1.82, 2.24) is 10.6 Å². The summed E-state index contributed by atoms with van der Waals surface area (Å²) in [5.74, 6) is 1.18. The number of urea groups is 1. The van der Waals surface area contributed by atoms with Crippen LogP contribution in [0.5, 0.6) is 0 Å². The second-order valence-electron chi connectivity index (χ2n) is 3.69. The lowest BCUT2D eigenvalue weighted by Gasteiger charge is -2.16. The molecule has 5 nitrogen and oxygen atoms in total. The number of aliphatic carboxylic acids is 1. The molecule has 94 valence electrons. The molecule has 0 radical (unpaired) electrons. The Morgan fingerprint density at radius 1 is 1.28 bits per heavy atom. The largest absolute Gasteiger partial charge is 0.479 e. The predicted molar refractivity (Wildman–Crippen MR) is 66.8 cm³/mol. The van der Waals surface area contributed by atoms with Crippen LogP contribution in [0.2, 0.25) is 0 Å². The highest BCUT2D eigenvalue weighted by molar-refractivity contribution is 5.83. The van der Waals surface area contributed by atoms with E-state index in [2.05, 4.69) is 16.6 Å². The highest BCUT2D eigenvalue weighted by Gasteiger charge is 2.21. The van der Waals surface area contributed by atoms with Crippen LogP contribution in [-0.4, -0.2) is 23.1 Å². The zero-order valence-electron chi connectivity index (χ0n) is 9.88. The maximum Gasteiger partial charge on any atom is 0.330 e.